The van der Waals surface area contributed by atoms with Gasteiger partial charge in [0.2, 0.25) is 0 Å². The van der Waals surface area contributed by atoms with Crippen molar-refractivity contribution in [2.45, 2.75) is 19.1 Å². The fourth-order valence-electron chi connectivity index (χ4n) is 1.65. The van der Waals surface area contributed by atoms with E-state index in [4.69, 9.17) is 0 Å². The average molecular weight is 295 g/mol. The summed E-state index contributed by atoms with van der Waals surface area (Å²) in [6, 6.07) is 4.06. The lowest BCUT2D eigenvalue weighted by Gasteiger charge is -2.18. The Labute approximate surface area is 110 Å². The Kier molecular flexibility index (Phi) is 4.98. The first kappa shape index (κ1) is 16.0. The number of halogens is 3. The molecule has 0 fully saturated rings. The molecule has 0 saturated heterocycles. The zero-order valence-electron chi connectivity index (χ0n) is 10.7. The fourth-order valence-corrected chi connectivity index (χ4v) is 2.75. The van der Waals surface area contributed by atoms with Crippen molar-refractivity contribution in [3.8, 4) is 0 Å². The van der Waals surface area contributed by atoms with Gasteiger partial charge in [0.15, 0.2) is 9.84 Å². The normalized spacial score (nSPS) is 14.4. The van der Waals surface area contributed by atoms with Crippen molar-refractivity contribution in [1.29, 1.82) is 0 Å². The second-order valence-corrected chi connectivity index (χ2v) is 6.56. The summed E-state index contributed by atoms with van der Waals surface area (Å²) in [5.41, 5.74) is -0.464. The minimum Gasteiger partial charge on any atom is -0.312 e. The molecule has 19 heavy (non-hydrogen) atoms. The van der Waals surface area contributed by atoms with E-state index in [1.807, 2.05) is 0 Å². The monoisotopic (exact) mass is 295 g/mol. The first-order valence-corrected chi connectivity index (χ1v) is 7.56. The van der Waals surface area contributed by atoms with E-state index in [9.17, 15) is 21.6 Å². The average Bonchev–Trinajstić information content (AvgIpc) is 2.35. The SMILES string of the molecule is CCS(=O)(=O)CC(NC)c1cccc(C(F)(F)F)c1. The maximum Gasteiger partial charge on any atom is 0.416 e. The smallest absolute Gasteiger partial charge is 0.312 e. The molecule has 1 N–H and O–H groups in total. The lowest BCUT2D eigenvalue weighted by Crippen LogP contribution is -2.26. The van der Waals surface area contributed by atoms with Crippen molar-refractivity contribution >= 4 is 9.84 Å². The predicted molar refractivity (Wildman–Crippen MR) is 67.6 cm³/mol. The third kappa shape index (κ3) is 4.50. The van der Waals surface area contributed by atoms with Crippen molar-refractivity contribution in [1.82, 2.24) is 5.32 Å². The number of nitrogens with one attached hydrogen (secondary N) is 1. The number of hydrogen-bond acceptors (Lipinski definition) is 3. The molecule has 0 radical (unpaired) electrons. The molecular formula is C12H16F3NO2S. The van der Waals surface area contributed by atoms with Crippen LogP contribution in [0.15, 0.2) is 24.3 Å². The number of sulfone groups is 1. The van der Waals surface area contributed by atoms with Gasteiger partial charge in [-0.2, -0.15) is 13.2 Å². The van der Waals surface area contributed by atoms with Gasteiger partial charge in [-0.3, -0.25) is 0 Å². The van der Waals surface area contributed by atoms with E-state index < -0.39 is 27.6 Å². The Hall–Kier alpha value is -1.08. The molecule has 1 aromatic carbocycles. The van der Waals surface area contributed by atoms with Crippen LogP contribution in [0.5, 0.6) is 0 Å². The van der Waals surface area contributed by atoms with Gasteiger partial charge in [-0.1, -0.05) is 19.1 Å². The minimum atomic E-state index is -4.43. The van der Waals surface area contributed by atoms with Gasteiger partial charge in [-0.05, 0) is 24.7 Å². The second-order valence-electron chi connectivity index (χ2n) is 4.16. The summed E-state index contributed by atoms with van der Waals surface area (Å²) in [7, 11) is -1.75. The summed E-state index contributed by atoms with van der Waals surface area (Å²) in [4.78, 5) is 0. The lowest BCUT2D eigenvalue weighted by molar-refractivity contribution is -0.137. The molecule has 0 aliphatic rings. The summed E-state index contributed by atoms with van der Waals surface area (Å²) < 4.78 is 60.9. The van der Waals surface area contributed by atoms with Crippen molar-refractivity contribution in [3.63, 3.8) is 0 Å². The van der Waals surface area contributed by atoms with Gasteiger partial charge in [0.05, 0.1) is 11.3 Å². The van der Waals surface area contributed by atoms with Crippen LogP contribution in [0.3, 0.4) is 0 Å². The number of alkyl halides is 3. The topological polar surface area (TPSA) is 46.2 Å². The molecule has 0 amide bonds. The quantitative estimate of drug-likeness (QED) is 0.907. The second kappa shape index (κ2) is 5.92. The number of hydrogen-bond donors (Lipinski definition) is 1. The molecule has 1 aromatic rings. The van der Waals surface area contributed by atoms with Crippen LogP contribution in [0.4, 0.5) is 13.2 Å². The van der Waals surface area contributed by atoms with Crippen molar-refractivity contribution < 1.29 is 21.6 Å². The molecule has 3 nitrogen and oxygen atoms in total. The molecule has 0 aliphatic heterocycles. The Bertz CT molecular complexity index is 526. The molecular weight excluding hydrogens is 279 g/mol. The Balaban J connectivity index is 3.06. The van der Waals surface area contributed by atoms with Gasteiger partial charge in [0, 0.05) is 11.8 Å². The highest BCUT2D eigenvalue weighted by Crippen LogP contribution is 2.30. The van der Waals surface area contributed by atoms with Gasteiger partial charge in [0.25, 0.3) is 0 Å². The first-order chi connectivity index (χ1) is 8.69. The molecule has 1 unspecified atom stereocenters. The molecule has 0 aliphatic carbocycles. The van der Waals surface area contributed by atoms with Gasteiger partial charge < -0.3 is 5.32 Å². The van der Waals surface area contributed by atoms with E-state index in [-0.39, 0.29) is 11.5 Å². The third-order valence-corrected chi connectivity index (χ3v) is 4.55. The van der Waals surface area contributed by atoms with Crippen molar-refractivity contribution in [2.75, 3.05) is 18.6 Å². The molecule has 0 aromatic heterocycles. The summed E-state index contributed by atoms with van der Waals surface area (Å²) in [6.45, 7) is 1.51. The van der Waals surface area contributed by atoms with E-state index in [1.54, 1.807) is 0 Å². The van der Waals surface area contributed by atoms with Crippen LogP contribution in [-0.4, -0.2) is 27.0 Å². The number of benzene rings is 1. The van der Waals surface area contributed by atoms with Gasteiger partial charge >= 0.3 is 6.18 Å². The molecule has 1 rings (SSSR count). The summed E-state index contributed by atoms with van der Waals surface area (Å²) in [5, 5.41) is 2.74. The molecule has 0 heterocycles. The summed E-state index contributed by atoms with van der Waals surface area (Å²) in [5.74, 6) is -0.258. The lowest BCUT2D eigenvalue weighted by atomic mass is 10.1. The summed E-state index contributed by atoms with van der Waals surface area (Å²) in [6.07, 6.45) is -4.43. The Morgan fingerprint density at radius 1 is 1.32 bits per heavy atom. The highest BCUT2D eigenvalue weighted by Gasteiger charge is 2.31. The first-order valence-electron chi connectivity index (χ1n) is 5.74. The number of rotatable bonds is 5. The van der Waals surface area contributed by atoms with Crippen LogP contribution in [0, 0.1) is 0 Å². The molecule has 0 spiro atoms. The van der Waals surface area contributed by atoms with E-state index >= 15 is 0 Å². The van der Waals surface area contributed by atoms with Crippen molar-refractivity contribution in [2.24, 2.45) is 0 Å². The summed E-state index contributed by atoms with van der Waals surface area (Å²) >= 11 is 0. The molecule has 0 bridgehead atoms. The van der Waals surface area contributed by atoms with E-state index in [2.05, 4.69) is 5.32 Å². The van der Waals surface area contributed by atoms with Gasteiger partial charge in [-0.25, -0.2) is 8.42 Å². The molecule has 108 valence electrons. The maximum absolute atomic E-state index is 12.6. The van der Waals surface area contributed by atoms with Gasteiger partial charge in [-0.15, -0.1) is 0 Å². The zero-order valence-corrected chi connectivity index (χ0v) is 11.5. The Morgan fingerprint density at radius 2 is 1.95 bits per heavy atom. The highest BCUT2D eigenvalue weighted by atomic mass is 32.2. The standard InChI is InChI=1S/C12H16F3NO2S/c1-3-19(17,18)8-11(16-2)9-5-4-6-10(7-9)12(13,14)15/h4-7,11,16H,3,8H2,1-2H3. The maximum atomic E-state index is 12.6. The zero-order chi connectivity index (χ0) is 14.7. The molecule has 1 atom stereocenters. The third-order valence-electron chi connectivity index (χ3n) is 2.83. The van der Waals surface area contributed by atoms with E-state index in [1.165, 1.54) is 26.1 Å². The van der Waals surface area contributed by atoms with Crippen LogP contribution in [-0.2, 0) is 16.0 Å². The highest BCUT2D eigenvalue weighted by molar-refractivity contribution is 7.91. The van der Waals surface area contributed by atoms with Crippen LogP contribution in [0.25, 0.3) is 0 Å². The van der Waals surface area contributed by atoms with Gasteiger partial charge in [0.1, 0.15) is 0 Å². The predicted octanol–water partition coefficient (Wildman–Crippen LogP) is 2.40. The van der Waals surface area contributed by atoms with Crippen LogP contribution in [0.2, 0.25) is 0 Å². The fraction of sp³-hybridized carbons (Fsp3) is 0.500. The van der Waals surface area contributed by atoms with Crippen LogP contribution < -0.4 is 5.32 Å². The Morgan fingerprint density at radius 3 is 2.42 bits per heavy atom. The largest absolute Gasteiger partial charge is 0.416 e. The van der Waals surface area contributed by atoms with E-state index in [0.29, 0.717) is 5.56 Å². The van der Waals surface area contributed by atoms with Crippen LogP contribution in [0.1, 0.15) is 24.1 Å². The van der Waals surface area contributed by atoms with E-state index in [0.717, 1.165) is 12.1 Å². The van der Waals surface area contributed by atoms with Crippen LogP contribution >= 0.6 is 0 Å². The minimum absolute atomic E-state index is 0.0376. The molecule has 7 heteroatoms. The molecule has 0 saturated carbocycles. The van der Waals surface area contributed by atoms with Crippen molar-refractivity contribution in [3.05, 3.63) is 35.4 Å².